The van der Waals surface area contributed by atoms with Crippen LogP contribution in [0.15, 0.2) is 12.2 Å². The molecule has 1 saturated carbocycles. The van der Waals surface area contributed by atoms with Crippen LogP contribution in [0, 0.1) is 11.8 Å². The van der Waals surface area contributed by atoms with Crippen molar-refractivity contribution in [3.8, 4) is 0 Å². The molecular formula is C12H20N2O. The highest BCUT2D eigenvalue weighted by Crippen LogP contribution is 2.38. The number of carbonyl (C=O) groups is 1. The molecule has 1 fully saturated rings. The molecule has 2 bridgehead atoms. The third-order valence-electron chi connectivity index (χ3n) is 3.08. The predicted octanol–water partition coefficient (Wildman–Crippen LogP) is 2.05. The lowest BCUT2D eigenvalue weighted by molar-refractivity contribution is 0.226. The monoisotopic (exact) mass is 208 g/mol. The lowest BCUT2D eigenvalue weighted by Crippen LogP contribution is -2.50. The number of urea groups is 1. The number of rotatable bonds is 1. The van der Waals surface area contributed by atoms with Crippen molar-refractivity contribution in [1.82, 2.24) is 10.6 Å². The van der Waals surface area contributed by atoms with E-state index in [1.54, 1.807) is 0 Å². The summed E-state index contributed by atoms with van der Waals surface area (Å²) in [7, 11) is 0. The molecule has 2 rings (SSSR count). The van der Waals surface area contributed by atoms with Gasteiger partial charge < -0.3 is 10.6 Å². The Hall–Kier alpha value is -0.990. The van der Waals surface area contributed by atoms with Crippen LogP contribution in [0.3, 0.4) is 0 Å². The van der Waals surface area contributed by atoms with Crippen LogP contribution in [0.1, 0.15) is 33.6 Å². The third kappa shape index (κ3) is 2.52. The molecule has 3 unspecified atom stereocenters. The van der Waals surface area contributed by atoms with Gasteiger partial charge in [0.15, 0.2) is 0 Å². The van der Waals surface area contributed by atoms with Crippen LogP contribution in [0.25, 0.3) is 0 Å². The van der Waals surface area contributed by atoms with Crippen molar-refractivity contribution >= 4 is 6.03 Å². The first-order valence-electron chi connectivity index (χ1n) is 5.71. The van der Waals surface area contributed by atoms with Crippen LogP contribution in [0.4, 0.5) is 4.79 Å². The molecule has 2 amide bonds. The first kappa shape index (κ1) is 10.5. The second-order valence-electron chi connectivity index (χ2n) is 5.74. The topological polar surface area (TPSA) is 41.1 Å². The standard InChI is InChI=1S/C12H20N2O/c1-12(2,3)14-11(15)13-10-7-8-4-5-9(10)6-8/h4-5,8-10H,6-7H2,1-3H3,(H2,13,14,15). The number of fused-ring (bicyclic) bond motifs is 2. The second-order valence-corrected chi connectivity index (χ2v) is 5.74. The Morgan fingerprint density at radius 3 is 2.47 bits per heavy atom. The zero-order chi connectivity index (χ0) is 11.1. The van der Waals surface area contributed by atoms with Gasteiger partial charge in [0.05, 0.1) is 0 Å². The summed E-state index contributed by atoms with van der Waals surface area (Å²) in [6.07, 6.45) is 6.86. The molecule has 3 atom stereocenters. The van der Waals surface area contributed by atoms with E-state index in [1.807, 2.05) is 20.8 Å². The largest absolute Gasteiger partial charge is 0.335 e. The summed E-state index contributed by atoms with van der Waals surface area (Å²) in [4.78, 5) is 11.6. The summed E-state index contributed by atoms with van der Waals surface area (Å²) in [5.41, 5.74) is -0.155. The van der Waals surface area contributed by atoms with Gasteiger partial charge in [-0.15, -0.1) is 0 Å². The lowest BCUT2D eigenvalue weighted by atomic mass is 10.0. The van der Waals surface area contributed by atoms with Crippen molar-refractivity contribution in [2.75, 3.05) is 0 Å². The van der Waals surface area contributed by atoms with E-state index in [0.717, 1.165) is 6.42 Å². The highest BCUT2D eigenvalue weighted by Gasteiger charge is 2.36. The maximum absolute atomic E-state index is 11.6. The third-order valence-corrected chi connectivity index (χ3v) is 3.08. The fraction of sp³-hybridized carbons (Fsp3) is 0.750. The smallest absolute Gasteiger partial charge is 0.315 e. The van der Waals surface area contributed by atoms with E-state index < -0.39 is 0 Å². The Bertz CT molecular complexity index is 290. The van der Waals surface area contributed by atoms with E-state index >= 15 is 0 Å². The molecule has 0 aromatic carbocycles. The fourth-order valence-corrected chi connectivity index (χ4v) is 2.49. The van der Waals surface area contributed by atoms with Crippen molar-refractivity contribution < 1.29 is 4.79 Å². The van der Waals surface area contributed by atoms with Gasteiger partial charge in [-0.05, 0) is 45.4 Å². The van der Waals surface area contributed by atoms with Crippen LogP contribution >= 0.6 is 0 Å². The highest BCUT2D eigenvalue weighted by atomic mass is 16.2. The molecule has 0 saturated heterocycles. The molecule has 2 N–H and O–H groups in total. The van der Waals surface area contributed by atoms with Crippen LogP contribution in [-0.4, -0.2) is 17.6 Å². The number of hydrogen-bond donors (Lipinski definition) is 2. The normalized spacial score (nSPS) is 33.1. The van der Waals surface area contributed by atoms with Crippen LogP contribution in [0.2, 0.25) is 0 Å². The molecule has 0 heterocycles. The first-order chi connectivity index (χ1) is 6.94. The molecule has 84 valence electrons. The summed E-state index contributed by atoms with van der Waals surface area (Å²) < 4.78 is 0. The molecule has 0 radical (unpaired) electrons. The van der Waals surface area contributed by atoms with Gasteiger partial charge in [0, 0.05) is 11.6 Å². The number of amides is 2. The number of carbonyl (C=O) groups excluding carboxylic acids is 1. The van der Waals surface area contributed by atoms with E-state index in [1.165, 1.54) is 6.42 Å². The minimum Gasteiger partial charge on any atom is -0.335 e. The maximum Gasteiger partial charge on any atom is 0.315 e. The molecule has 0 aromatic heterocycles. The van der Waals surface area contributed by atoms with Gasteiger partial charge in [-0.1, -0.05) is 12.2 Å². The number of hydrogen-bond acceptors (Lipinski definition) is 1. The lowest BCUT2D eigenvalue weighted by Gasteiger charge is -2.25. The molecule has 0 spiro atoms. The number of allylic oxidation sites excluding steroid dienone is 1. The van der Waals surface area contributed by atoms with Gasteiger partial charge in [-0.2, -0.15) is 0 Å². The van der Waals surface area contributed by atoms with Crippen molar-refractivity contribution in [3.05, 3.63) is 12.2 Å². The Morgan fingerprint density at radius 1 is 1.27 bits per heavy atom. The molecule has 3 nitrogen and oxygen atoms in total. The Morgan fingerprint density at radius 2 is 2.00 bits per heavy atom. The average molecular weight is 208 g/mol. The number of nitrogens with one attached hydrogen (secondary N) is 2. The molecule has 15 heavy (non-hydrogen) atoms. The summed E-state index contributed by atoms with van der Waals surface area (Å²) in [5, 5.41) is 6.00. The summed E-state index contributed by atoms with van der Waals surface area (Å²) in [6.45, 7) is 5.98. The zero-order valence-electron chi connectivity index (χ0n) is 9.71. The van der Waals surface area contributed by atoms with Gasteiger partial charge in [0.25, 0.3) is 0 Å². The second kappa shape index (κ2) is 3.54. The summed E-state index contributed by atoms with van der Waals surface area (Å²) >= 11 is 0. The van der Waals surface area contributed by atoms with Gasteiger partial charge in [-0.25, -0.2) is 4.79 Å². The van der Waals surface area contributed by atoms with Gasteiger partial charge >= 0.3 is 6.03 Å². The van der Waals surface area contributed by atoms with Crippen molar-refractivity contribution in [2.45, 2.75) is 45.2 Å². The van der Waals surface area contributed by atoms with Crippen LogP contribution < -0.4 is 10.6 Å². The van der Waals surface area contributed by atoms with E-state index in [4.69, 9.17) is 0 Å². The van der Waals surface area contributed by atoms with Crippen molar-refractivity contribution in [1.29, 1.82) is 0 Å². The predicted molar refractivity (Wildman–Crippen MR) is 60.6 cm³/mol. The molecule has 0 aromatic rings. The minimum atomic E-state index is -0.155. The van der Waals surface area contributed by atoms with Gasteiger partial charge in [0.2, 0.25) is 0 Å². The van der Waals surface area contributed by atoms with Crippen LogP contribution in [0.5, 0.6) is 0 Å². The molecule has 3 heteroatoms. The summed E-state index contributed by atoms with van der Waals surface area (Å²) in [6, 6.07) is 0.316. The van der Waals surface area contributed by atoms with E-state index in [9.17, 15) is 4.79 Å². The molecular weight excluding hydrogens is 188 g/mol. The van der Waals surface area contributed by atoms with Gasteiger partial charge in [0.1, 0.15) is 0 Å². The molecule has 2 aliphatic carbocycles. The van der Waals surface area contributed by atoms with E-state index in [0.29, 0.717) is 17.9 Å². The quantitative estimate of drug-likeness (QED) is 0.636. The SMILES string of the molecule is CC(C)(C)NC(=O)NC1CC2C=CC1C2. The van der Waals surface area contributed by atoms with Crippen LogP contribution in [-0.2, 0) is 0 Å². The minimum absolute atomic E-state index is 0.0338. The highest BCUT2D eigenvalue weighted by molar-refractivity contribution is 5.75. The molecule has 2 aliphatic rings. The van der Waals surface area contributed by atoms with E-state index in [-0.39, 0.29) is 11.6 Å². The molecule has 0 aliphatic heterocycles. The maximum atomic E-state index is 11.6. The van der Waals surface area contributed by atoms with Crippen molar-refractivity contribution in [2.24, 2.45) is 11.8 Å². The fourth-order valence-electron chi connectivity index (χ4n) is 2.49. The Labute approximate surface area is 91.3 Å². The van der Waals surface area contributed by atoms with E-state index in [2.05, 4.69) is 22.8 Å². The Kier molecular flexibility index (Phi) is 2.49. The average Bonchev–Trinajstić information content (AvgIpc) is 2.60. The zero-order valence-corrected chi connectivity index (χ0v) is 9.71. The van der Waals surface area contributed by atoms with Crippen molar-refractivity contribution in [3.63, 3.8) is 0 Å². The van der Waals surface area contributed by atoms with Gasteiger partial charge in [-0.3, -0.25) is 0 Å². The first-order valence-corrected chi connectivity index (χ1v) is 5.71. The Balaban J connectivity index is 1.83. The summed E-state index contributed by atoms with van der Waals surface area (Å²) in [5.74, 6) is 1.27.